The molecule has 11 atom stereocenters. The first-order valence-electron chi connectivity index (χ1n) is 34.9. The van der Waals surface area contributed by atoms with Crippen molar-refractivity contribution >= 4 is 0 Å². The fourth-order valence-electron chi connectivity index (χ4n) is 16.1. The number of hydrogen-bond donors (Lipinski definition) is 4. The molecular weight excluding hydrogens is 957 g/mol. The highest BCUT2D eigenvalue weighted by Crippen LogP contribution is 2.60. The van der Waals surface area contributed by atoms with Crippen LogP contribution in [0.15, 0.2) is 0 Å². The quantitative estimate of drug-likeness (QED) is 0.182. The van der Waals surface area contributed by atoms with Gasteiger partial charge in [-0.25, -0.2) is 0 Å². The summed E-state index contributed by atoms with van der Waals surface area (Å²) in [5.74, 6) is 13.6. The van der Waals surface area contributed by atoms with E-state index in [1.165, 1.54) is 135 Å². The van der Waals surface area contributed by atoms with Gasteiger partial charge in [-0.3, -0.25) is 0 Å². The molecule has 8 saturated carbocycles. The van der Waals surface area contributed by atoms with Crippen molar-refractivity contribution in [1.29, 1.82) is 0 Å². The van der Waals surface area contributed by atoms with Crippen molar-refractivity contribution in [2.45, 2.75) is 342 Å². The van der Waals surface area contributed by atoms with Gasteiger partial charge < -0.3 is 25.2 Å². The molecule has 78 heavy (non-hydrogen) atoms. The molecule has 5 heteroatoms. The fourth-order valence-corrected chi connectivity index (χ4v) is 16.1. The standard InChI is InChI=1S/2C10H20O.C10H18.2C9H18O.2C9H18.C7H14O/c1-8(2)9-5-6-11-7-10(9,3)4;1-8(2)9-6-4-3-5-7-10(9)11;1-8(2)9-6-10(7-9)4-3-5-10;2*1-7(2)8-5-3-4-6-9(8)10;1-7(2)9-6-4-5-8(9)3;1-8(2)9-6-4-3-5-7-9;1-5(2)6-3-4-7(6)8/h8-9H,5-7H2,1-4H3;8-11H,3-7H2,1-2H3;8-9H,3-7H2,1-2H3;2*7-10H,3-6H2,1-2H3;7-9H,4-6H2,1-3H3;8-9H,3-7H2,1-2H3;5-8H,3-4H2,1-2H3. The van der Waals surface area contributed by atoms with Crippen LogP contribution in [0.25, 0.3) is 0 Å². The second-order valence-electron chi connectivity index (χ2n) is 31.6. The average molecular weight is 1100 g/mol. The molecule has 4 N–H and O–H groups in total. The SMILES string of the molecule is CC(C)C1CC2(CCC2)C1.CC(C)C1CCC1O.CC(C)C1CCCC1C.CC(C)C1CCCCC1.CC(C)C1CCCCC1O.CC(C)C1CCCCC1O.CC(C)C1CCCCCC1O.CC(C)C1CCOCC1(C)C. The van der Waals surface area contributed by atoms with Crippen molar-refractivity contribution in [3.63, 3.8) is 0 Å². The minimum atomic E-state index is -0.0162. The minimum Gasteiger partial charge on any atom is -0.393 e. The summed E-state index contributed by atoms with van der Waals surface area (Å²) in [6, 6.07) is 0. The van der Waals surface area contributed by atoms with E-state index in [-0.39, 0.29) is 24.4 Å². The van der Waals surface area contributed by atoms with Crippen LogP contribution in [0.5, 0.6) is 0 Å². The maximum atomic E-state index is 9.72. The first kappa shape index (κ1) is 73.9. The molecule has 0 aromatic rings. The zero-order valence-electron chi connectivity index (χ0n) is 56.2. The Balaban J connectivity index is 0.000000305. The van der Waals surface area contributed by atoms with E-state index in [1.807, 2.05) is 0 Å². The third kappa shape index (κ3) is 27.2. The van der Waals surface area contributed by atoms with Gasteiger partial charge in [0.2, 0.25) is 0 Å². The van der Waals surface area contributed by atoms with Crippen LogP contribution in [0.3, 0.4) is 0 Å². The minimum absolute atomic E-state index is 0.00579. The van der Waals surface area contributed by atoms with Crippen LogP contribution in [-0.4, -0.2) is 58.1 Å². The fraction of sp³-hybridized carbons (Fsp3) is 1.00. The zero-order chi connectivity index (χ0) is 58.8. The summed E-state index contributed by atoms with van der Waals surface area (Å²) in [5.41, 5.74) is 1.29. The molecule has 0 radical (unpaired) electrons. The van der Waals surface area contributed by atoms with Gasteiger partial charge in [0.25, 0.3) is 0 Å². The Kier molecular flexibility index (Phi) is 36.7. The van der Waals surface area contributed by atoms with E-state index in [0.29, 0.717) is 52.8 Å². The van der Waals surface area contributed by atoms with Gasteiger partial charge in [-0.2, -0.15) is 0 Å². The molecule has 9 fully saturated rings. The molecule has 1 spiro atoms. The summed E-state index contributed by atoms with van der Waals surface area (Å²) < 4.78 is 5.47. The normalized spacial score (nSPS) is 32.6. The third-order valence-electron chi connectivity index (χ3n) is 22.3. The average Bonchev–Trinajstić information content (AvgIpc) is 3.66. The van der Waals surface area contributed by atoms with Gasteiger partial charge in [-0.15, -0.1) is 0 Å². The second-order valence-corrected chi connectivity index (χ2v) is 31.6. The van der Waals surface area contributed by atoms with Crippen molar-refractivity contribution < 1.29 is 25.2 Å². The van der Waals surface area contributed by atoms with Gasteiger partial charge in [-0.1, -0.05) is 228 Å². The molecule has 1 heterocycles. The van der Waals surface area contributed by atoms with E-state index < -0.39 is 0 Å². The van der Waals surface area contributed by atoms with E-state index in [2.05, 4.69) is 132 Å². The number of aliphatic hydroxyl groups excluding tert-OH is 4. The van der Waals surface area contributed by atoms with E-state index in [1.54, 1.807) is 25.7 Å². The summed E-state index contributed by atoms with van der Waals surface area (Å²) in [7, 11) is 0. The van der Waals surface area contributed by atoms with Gasteiger partial charge in [0.1, 0.15) is 0 Å². The van der Waals surface area contributed by atoms with E-state index >= 15 is 0 Å². The van der Waals surface area contributed by atoms with Crippen molar-refractivity contribution in [3.05, 3.63) is 0 Å². The summed E-state index contributed by atoms with van der Waals surface area (Å²) in [5, 5.41) is 37.9. The maximum Gasteiger partial charge on any atom is 0.0571 e. The van der Waals surface area contributed by atoms with E-state index in [4.69, 9.17) is 9.84 Å². The molecule has 0 aromatic carbocycles. The molecular formula is C73H144O5. The number of aliphatic hydroxyl groups is 4. The van der Waals surface area contributed by atoms with Crippen LogP contribution >= 0.6 is 0 Å². The number of ether oxygens (including phenoxy) is 1. The molecule has 8 aliphatic carbocycles. The Labute approximate surface area is 489 Å². The highest BCUT2D eigenvalue weighted by Gasteiger charge is 2.48. The van der Waals surface area contributed by atoms with Crippen LogP contribution in [-0.2, 0) is 4.74 Å². The third-order valence-corrected chi connectivity index (χ3v) is 22.3. The van der Waals surface area contributed by atoms with Crippen LogP contribution in [0, 0.1) is 111 Å². The molecule has 0 amide bonds. The van der Waals surface area contributed by atoms with Crippen molar-refractivity contribution in [2.75, 3.05) is 13.2 Å². The molecule has 11 unspecified atom stereocenters. The predicted molar refractivity (Wildman–Crippen MR) is 341 cm³/mol. The van der Waals surface area contributed by atoms with Crippen LogP contribution in [0.2, 0.25) is 0 Å². The monoisotopic (exact) mass is 1100 g/mol. The lowest BCUT2D eigenvalue weighted by atomic mass is 9.50. The number of rotatable bonds is 8. The molecule has 9 aliphatic rings. The molecule has 0 aromatic heterocycles. The Hall–Kier alpha value is -0.200. The predicted octanol–water partition coefficient (Wildman–Crippen LogP) is 20.6. The molecule has 9 rings (SSSR count). The lowest BCUT2D eigenvalue weighted by molar-refractivity contribution is -0.0473. The zero-order valence-corrected chi connectivity index (χ0v) is 56.2. The second kappa shape index (κ2) is 38.7. The largest absolute Gasteiger partial charge is 0.393 e. The van der Waals surface area contributed by atoms with Crippen molar-refractivity contribution in [3.8, 4) is 0 Å². The van der Waals surface area contributed by atoms with Gasteiger partial charge >= 0.3 is 0 Å². The summed E-state index contributed by atoms with van der Waals surface area (Å²) >= 11 is 0. The Morgan fingerprint density at radius 2 is 0.692 bits per heavy atom. The summed E-state index contributed by atoms with van der Waals surface area (Å²) in [6.45, 7) is 45.4. The highest BCUT2D eigenvalue weighted by atomic mass is 16.5. The lowest BCUT2D eigenvalue weighted by Crippen LogP contribution is -2.44. The highest BCUT2D eigenvalue weighted by molar-refractivity contribution is 4.99. The Morgan fingerprint density at radius 3 is 0.949 bits per heavy atom. The van der Waals surface area contributed by atoms with Crippen molar-refractivity contribution in [1.82, 2.24) is 0 Å². The van der Waals surface area contributed by atoms with Crippen molar-refractivity contribution in [2.24, 2.45) is 111 Å². The Morgan fingerprint density at radius 1 is 0.333 bits per heavy atom. The smallest absolute Gasteiger partial charge is 0.0571 e. The molecule has 466 valence electrons. The number of hydrogen-bond acceptors (Lipinski definition) is 5. The molecule has 1 saturated heterocycles. The Bertz CT molecular complexity index is 1400. The summed E-state index contributed by atoms with van der Waals surface area (Å²) in [6.07, 6.45) is 38.9. The lowest BCUT2D eigenvalue weighted by Gasteiger charge is -2.55. The first-order valence-corrected chi connectivity index (χ1v) is 34.9. The van der Waals surface area contributed by atoms with Gasteiger partial charge in [0.15, 0.2) is 0 Å². The van der Waals surface area contributed by atoms with Gasteiger partial charge in [-0.05, 0) is 201 Å². The molecule has 1 aliphatic heterocycles. The topological polar surface area (TPSA) is 90.2 Å². The first-order chi connectivity index (χ1) is 36.6. The van der Waals surface area contributed by atoms with Gasteiger partial charge in [0, 0.05) is 6.61 Å². The van der Waals surface area contributed by atoms with Crippen LogP contribution < -0.4 is 0 Å². The van der Waals surface area contributed by atoms with E-state index in [0.717, 1.165) is 97.6 Å². The maximum absolute atomic E-state index is 9.72. The summed E-state index contributed by atoms with van der Waals surface area (Å²) in [4.78, 5) is 0. The van der Waals surface area contributed by atoms with Gasteiger partial charge in [0.05, 0.1) is 31.0 Å². The van der Waals surface area contributed by atoms with E-state index in [9.17, 15) is 15.3 Å². The van der Waals surface area contributed by atoms with Crippen LogP contribution in [0.1, 0.15) is 318 Å². The molecule has 0 bridgehead atoms. The van der Waals surface area contributed by atoms with Crippen LogP contribution in [0.4, 0.5) is 0 Å². The molecule has 5 nitrogen and oxygen atoms in total.